The van der Waals surface area contributed by atoms with Crippen LogP contribution in [0.2, 0.25) is 0 Å². The molecule has 0 heterocycles. The fraction of sp³-hybridized carbons (Fsp3) is 0.800. The number of carbonyl (C=O) groups is 2. The van der Waals surface area contributed by atoms with Crippen LogP contribution in [0.4, 0.5) is 4.79 Å². The molecule has 0 aromatic heterocycles. The number of carbonyl (C=O) groups excluding carboxylic acids is 1. The van der Waals surface area contributed by atoms with Gasteiger partial charge in [0, 0.05) is 19.5 Å². The van der Waals surface area contributed by atoms with Crippen LogP contribution in [0.1, 0.15) is 26.7 Å². The SMILES string of the molecule is CC(C)CCNC(=O)NCC[C@H](O)C(=O)O. The number of carboxylic acid groups (broad SMARTS) is 1. The van der Waals surface area contributed by atoms with Crippen LogP contribution in [-0.4, -0.2) is 41.4 Å². The molecular weight excluding hydrogens is 212 g/mol. The minimum Gasteiger partial charge on any atom is -0.479 e. The Morgan fingerprint density at radius 2 is 1.62 bits per heavy atom. The normalized spacial score (nSPS) is 12.2. The van der Waals surface area contributed by atoms with E-state index in [-0.39, 0.29) is 19.0 Å². The van der Waals surface area contributed by atoms with Crippen LogP contribution < -0.4 is 10.6 Å². The molecule has 0 aliphatic carbocycles. The first-order chi connectivity index (χ1) is 7.43. The molecule has 0 aromatic rings. The van der Waals surface area contributed by atoms with E-state index in [1.165, 1.54) is 0 Å². The molecule has 0 fully saturated rings. The van der Waals surface area contributed by atoms with E-state index in [0.29, 0.717) is 12.5 Å². The number of aliphatic hydroxyl groups excluding tert-OH is 1. The first-order valence-electron chi connectivity index (χ1n) is 5.36. The van der Waals surface area contributed by atoms with Crippen molar-refractivity contribution in [2.24, 2.45) is 5.92 Å². The van der Waals surface area contributed by atoms with Crippen molar-refractivity contribution in [3.05, 3.63) is 0 Å². The summed E-state index contributed by atoms with van der Waals surface area (Å²) in [7, 11) is 0. The number of hydrogen-bond acceptors (Lipinski definition) is 3. The van der Waals surface area contributed by atoms with Crippen molar-refractivity contribution in [2.75, 3.05) is 13.1 Å². The second-order valence-corrected chi connectivity index (χ2v) is 4.01. The van der Waals surface area contributed by atoms with Gasteiger partial charge in [0.15, 0.2) is 6.10 Å². The van der Waals surface area contributed by atoms with Crippen molar-refractivity contribution in [1.82, 2.24) is 10.6 Å². The molecule has 0 saturated carbocycles. The quantitative estimate of drug-likeness (QED) is 0.502. The monoisotopic (exact) mass is 232 g/mol. The molecular formula is C10H20N2O4. The van der Waals surface area contributed by atoms with Crippen LogP contribution in [0.5, 0.6) is 0 Å². The molecule has 0 saturated heterocycles. The van der Waals surface area contributed by atoms with Crippen molar-refractivity contribution in [1.29, 1.82) is 0 Å². The highest BCUT2D eigenvalue weighted by Crippen LogP contribution is 1.96. The van der Waals surface area contributed by atoms with Crippen LogP contribution in [-0.2, 0) is 4.79 Å². The standard InChI is InChI=1S/C10H20N2O4/c1-7(2)3-5-11-10(16)12-6-4-8(13)9(14)15/h7-8,13H,3-6H2,1-2H3,(H,14,15)(H2,11,12,16)/t8-/m0/s1. The zero-order valence-corrected chi connectivity index (χ0v) is 9.69. The summed E-state index contributed by atoms with van der Waals surface area (Å²) < 4.78 is 0. The van der Waals surface area contributed by atoms with E-state index in [1.54, 1.807) is 0 Å². The summed E-state index contributed by atoms with van der Waals surface area (Å²) in [5.41, 5.74) is 0. The van der Waals surface area contributed by atoms with Crippen molar-refractivity contribution < 1.29 is 19.8 Å². The summed E-state index contributed by atoms with van der Waals surface area (Å²) in [6.07, 6.45) is -0.520. The summed E-state index contributed by atoms with van der Waals surface area (Å²) in [5, 5.41) is 22.4. The molecule has 0 spiro atoms. The van der Waals surface area contributed by atoms with Gasteiger partial charge in [-0.05, 0) is 12.3 Å². The molecule has 4 N–H and O–H groups in total. The van der Waals surface area contributed by atoms with E-state index >= 15 is 0 Å². The Labute approximate surface area is 95.0 Å². The maximum atomic E-state index is 11.1. The average Bonchev–Trinajstić information content (AvgIpc) is 2.16. The van der Waals surface area contributed by atoms with E-state index < -0.39 is 12.1 Å². The summed E-state index contributed by atoms with van der Waals surface area (Å²) >= 11 is 0. The minimum absolute atomic E-state index is 0.00688. The van der Waals surface area contributed by atoms with Gasteiger partial charge in [-0.2, -0.15) is 0 Å². The van der Waals surface area contributed by atoms with Crippen molar-refractivity contribution >= 4 is 12.0 Å². The number of carboxylic acids is 1. The van der Waals surface area contributed by atoms with Gasteiger partial charge in [0.05, 0.1) is 0 Å². The fourth-order valence-electron chi connectivity index (χ4n) is 0.983. The molecule has 0 unspecified atom stereocenters. The lowest BCUT2D eigenvalue weighted by Gasteiger charge is -2.09. The summed E-state index contributed by atoms with van der Waals surface area (Å²) in [5.74, 6) is -0.754. The zero-order chi connectivity index (χ0) is 12.6. The van der Waals surface area contributed by atoms with Gasteiger partial charge in [-0.3, -0.25) is 0 Å². The Bertz CT molecular complexity index is 231. The lowest BCUT2D eigenvalue weighted by atomic mass is 10.1. The maximum Gasteiger partial charge on any atom is 0.332 e. The number of hydrogen-bond donors (Lipinski definition) is 4. The molecule has 6 heteroatoms. The van der Waals surface area contributed by atoms with Gasteiger partial charge in [-0.25, -0.2) is 9.59 Å². The van der Waals surface area contributed by atoms with Gasteiger partial charge in [-0.15, -0.1) is 0 Å². The average molecular weight is 232 g/mol. The summed E-state index contributed by atoms with van der Waals surface area (Å²) in [4.78, 5) is 21.4. The van der Waals surface area contributed by atoms with Gasteiger partial charge in [0.2, 0.25) is 0 Å². The topological polar surface area (TPSA) is 98.7 Å². The summed E-state index contributed by atoms with van der Waals surface area (Å²) in [6.45, 7) is 4.84. The third kappa shape index (κ3) is 8.05. The number of aliphatic hydroxyl groups is 1. The first kappa shape index (κ1) is 14.7. The Morgan fingerprint density at radius 3 is 2.06 bits per heavy atom. The van der Waals surface area contributed by atoms with Gasteiger partial charge in [-0.1, -0.05) is 13.8 Å². The van der Waals surface area contributed by atoms with Crippen LogP contribution in [0.15, 0.2) is 0 Å². The maximum absolute atomic E-state index is 11.1. The number of nitrogens with one attached hydrogen (secondary N) is 2. The zero-order valence-electron chi connectivity index (χ0n) is 9.69. The predicted octanol–water partition coefficient (Wildman–Crippen LogP) is 0.167. The van der Waals surface area contributed by atoms with Crippen molar-refractivity contribution in [2.45, 2.75) is 32.8 Å². The molecule has 6 nitrogen and oxygen atoms in total. The first-order valence-corrected chi connectivity index (χ1v) is 5.36. The highest BCUT2D eigenvalue weighted by atomic mass is 16.4. The fourth-order valence-corrected chi connectivity index (χ4v) is 0.983. The second kappa shape index (κ2) is 7.92. The summed E-state index contributed by atoms with van der Waals surface area (Å²) in [6, 6.07) is -0.335. The predicted molar refractivity (Wildman–Crippen MR) is 59.1 cm³/mol. The Kier molecular flexibility index (Phi) is 7.28. The van der Waals surface area contributed by atoms with Crippen LogP contribution >= 0.6 is 0 Å². The van der Waals surface area contributed by atoms with E-state index in [0.717, 1.165) is 6.42 Å². The number of rotatable bonds is 7. The molecule has 1 atom stereocenters. The molecule has 0 aliphatic rings. The minimum atomic E-state index is -1.42. The van der Waals surface area contributed by atoms with Gasteiger partial charge in [0.1, 0.15) is 0 Å². The van der Waals surface area contributed by atoms with E-state index in [2.05, 4.69) is 24.5 Å². The second-order valence-electron chi connectivity index (χ2n) is 4.01. The Morgan fingerprint density at radius 1 is 1.12 bits per heavy atom. The highest BCUT2D eigenvalue weighted by molar-refractivity contribution is 5.74. The molecule has 2 amide bonds. The smallest absolute Gasteiger partial charge is 0.332 e. The lowest BCUT2D eigenvalue weighted by Crippen LogP contribution is -2.38. The van der Waals surface area contributed by atoms with Crippen molar-refractivity contribution in [3.8, 4) is 0 Å². The van der Waals surface area contributed by atoms with Gasteiger partial charge >= 0.3 is 12.0 Å². The Balaban J connectivity index is 3.47. The number of aliphatic carboxylic acids is 1. The van der Waals surface area contributed by atoms with Gasteiger partial charge in [0.25, 0.3) is 0 Å². The van der Waals surface area contributed by atoms with Crippen LogP contribution in [0.3, 0.4) is 0 Å². The third-order valence-electron chi connectivity index (χ3n) is 2.00. The lowest BCUT2D eigenvalue weighted by molar-refractivity contribution is -0.146. The molecule has 0 radical (unpaired) electrons. The van der Waals surface area contributed by atoms with E-state index in [4.69, 9.17) is 10.2 Å². The molecule has 0 bridgehead atoms. The number of urea groups is 1. The number of amides is 2. The van der Waals surface area contributed by atoms with Crippen LogP contribution in [0, 0.1) is 5.92 Å². The highest BCUT2D eigenvalue weighted by Gasteiger charge is 2.12. The molecule has 0 aromatic carbocycles. The van der Waals surface area contributed by atoms with Crippen molar-refractivity contribution in [3.63, 3.8) is 0 Å². The molecule has 16 heavy (non-hydrogen) atoms. The van der Waals surface area contributed by atoms with E-state index in [9.17, 15) is 9.59 Å². The third-order valence-corrected chi connectivity index (χ3v) is 2.00. The van der Waals surface area contributed by atoms with Crippen LogP contribution in [0.25, 0.3) is 0 Å². The van der Waals surface area contributed by atoms with Gasteiger partial charge < -0.3 is 20.8 Å². The van der Waals surface area contributed by atoms with E-state index in [1.807, 2.05) is 0 Å². The molecule has 94 valence electrons. The molecule has 0 rings (SSSR count). The largest absolute Gasteiger partial charge is 0.479 e. The Hall–Kier alpha value is -1.30. The molecule has 0 aliphatic heterocycles.